The predicted molar refractivity (Wildman–Crippen MR) is 138 cm³/mol. The Bertz CT molecular complexity index is 1480. The zero-order valence-corrected chi connectivity index (χ0v) is 20.9. The molecule has 2 aromatic heterocycles. The van der Waals surface area contributed by atoms with Crippen LogP contribution >= 0.6 is 34.5 Å². The molecule has 1 aliphatic heterocycles. The molecule has 0 spiro atoms. The van der Waals surface area contributed by atoms with Crippen molar-refractivity contribution in [3.8, 4) is 5.75 Å². The van der Waals surface area contributed by atoms with Crippen LogP contribution in [0, 0.1) is 0 Å². The van der Waals surface area contributed by atoms with E-state index in [0.717, 1.165) is 27.1 Å². The second-order valence-electron chi connectivity index (χ2n) is 8.11. The minimum absolute atomic E-state index is 0.0160. The fourth-order valence-corrected chi connectivity index (χ4v) is 5.76. The van der Waals surface area contributed by atoms with Gasteiger partial charge in [-0.05, 0) is 59.8 Å². The fourth-order valence-electron chi connectivity index (χ4n) is 4.41. The van der Waals surface area contributed by atoms with Crippen molar-refractivity contribution in [2.75, 3.05) is 13.7 Å². The number of ether oxygens (including phenoxy) is 1. The van der Waals surface area contributed by atoms with E-state index in [9.17, 15) is 14.7 Å². The summed E-state index contributed by atoms with van der Waals surface area (Å²) < 4.78 is 5.35. The average Bonchev–Trinajstić information content (AvgIpc) is 3.57. The number of methoxy groups -OCH3 is 1. The number of nitrogens with zero attached hydrogens (tertiary/aromatic N) is 1. The van der Waals surface area contributed by atoms with Gasteiger partial charge in [0, 0.05) is 39.1 Å². The summed E-state index contributed by atoms with van der Waals surface area (Å²) >= 11 is 13.7. The van der Waals surface area contributed by atoms with Gasteiger partial charge in [-0.15, -0.1) is 11.3 Å². The van der Waals surface area contributed by atoms with Gasteiger partial charge in [-0.2, -0.15) is 0 Å². The molecule has 3 heterocycles. The average molecular weight is 527 g/mol. The molecule has 0 saturated carbocycles. The molecule has 4 aromatic rings. The third kappa shape index (κ3) is 4.20. The van der Waals surface area contributed by atoms with E-state index in [2.05, 4.69) is 4.98 Å². The summed E-state index contributed by atoms with van der Waals surface area (Å²) in [4.78, 5) is 31.9. The Balaban J connectivity index is 1.54. The first-order valence-electron chi connectivity index (χ1n) is 10.8. The number of rotatable bonds is 6. The maximum absolute atomic E-state index is 13.2. The maximum atomic E-state index is 13.2. The van der Waals surface area contributed by atoms with Gasteiger partial charge in [0.05, 0.1) is 23.7 Å². The van der Waals surface area contributed by atoms with Gasteiger partial charge in [0.1, 0.15) is 11.5 Å². The van der Waals surface area contributed by atoms with E-state index in [4.69, 9.17) is 27.9 Å². The number of hydrogen-bond donors (Lipinski definition) is 2. The number of nitrogens with one attached hydrogen (secondary N) is 1. The number of hydrogen-bond acceptors (Lipinski definition) is 5. The molecule has 0 radical (unpaired) electrons. The number of likely N-dealkylation sites (tertiary alicyclic amines) is 1. The summed E-state index contributed by atoms with van der Waals surface area (Å²) in [6.45, 7) is 0.280. The smallest absolute Gasteiger partial charge is 0.295 e. The summed E-state index contributed by atoms with van der Waals surface area (Å²) in [6, 6.07) is 13.3. The molecular formula is C26H20Cl2N2O4S. The van der Waals surface area contributed by atoms with Crippen molar-refractivity contribution in [3.63, 3.8) is 0 Å². The third-order valence-electron chi connectivity index (χ3n) is 6.14. The first-order valence-corrected chi connectivity index (χ1v) is 12.4. The van der Waals surface area contributed by atoms with Crippen molar-refractivity contribution in [3.05, 3.63) is 91.7 Å². The monoisotopic (exact) mass is 526 g/mol. The molecule has 5 rings (SSSR count). The van der Waals surface area contributed by atoms with Crippen LogP contribution in [-0.4, -0.2) is 40.3 Å². The number of ketones is 1. The molecule has 6 nitrogen and oxygen atoms in total. The highest BCUT2D eigenvalue weighted by Gasteiger charge is 2.46. The lowest BCUT2D eigenvalue weighted by atomic mass is 9.99. The van der Waals surface area contributed by atoms with E-state index in [0.29, 0.717) is 11.4 Å². The first kappa shape index (κ1) is 23.5. The Morgan fingerprint density at radius 2 is 2.00 bits per heavy atom. The Kier molecular flexibility index (Phi) is 6.32. The fraction of sp³-hybridized carbons (Fsp3) is 0.154. The summed E-state index contributed by atoms with van der Waals surface area (Å²) in [6.07, 6.45) is 2.40. The van der Waals surface area contributed by atoms with E-state index in [1.807, 2.05) is 41.9 Å². The van der Waals surface area contributed by atoms with Gasteiger partial charge < -0.3 is 19.7 Å². The Morgan fingerprint density at radius 1 is 1.17 bits per heavy atom. The highest BCUT2D eigenvalue weighted by atomic mass is 35.5. The molecule has 1 fully saturated rings. The van der Waals surface area contributed by atoms with E-state index in [-0.39, 0.29) is 28.5 Å². The molecule has 1 saturated heterocycles. The predicted octanol–water partition coefficient (Wildman–Crippen LogP) is 6.21. The van der Waals surface area contributed by atoms with Gasteiger partial charge in [0.25, 0.3) is 11.7 Å². The minimum atomic E-state index is -0.743. The number of carbonyl (C=O) groups excluding carboxylic acids is 2. The highest BCUT2D eigenvalue weighted by molar-refractivity contribution is 7.10. The van der Waals surface area contributed by atoms with Crippen molar-refractivity contribution in [1.82, 2.24) is 9.88 Å². The number of carbonyl (C=O) groups is 2. The number of aliphatic hydroxyl groups excluding tert-OH is 1. The largest absolute Gasteiger partial charge is 0.507 e. The van der Waals surface area contributed by atoms with Gasteiger partial charge >= 0.3 is 0 Å². The van der Waals surface area contributed by atoms with Crippen LogP contribution in [0.4, 0.5) is 0 Å². The summed E-state index contributed by atoms with van der Waals surface area (Å²) in [5, 5.41) is 14.6. The van der Waals surface area contributed by atoms with Crippen LogP contribution in [0.5, 0.6) is 5.75 Å². The van der Waals surface area contributed by atoms with Gasteiger partial charge in [0.15, 0.2) is 0 Å². The molecule has 9 heteroatoms. The summed E-state index contributed by atoms with van der Waals surface area (Å²) in [7, 11) is 1.61. The number of fused-ring (bicyclic) bond motifs is 1. The van der Waals surface area contributed by atoms with Crippen LogP contribution in [0.1, 0.15) is 22.0 Å². The van der Waals surface area contributed by atoms with Gasteiger partial charge in [-0.3, -0.25) is 9.59 Å². The number of aliphatic hydroxyl groups is 1. The summed E-state index contributed by atoms with van der Waals surface area (Å²) in [5.41, 5.74) is 2.21. The Hall–Kier alpha value is -3.26. The van der Waals surface area contributed by atoms with E-state index < -0.39 is 17.7 Å². The van der Waals surface area contributed by atoms with E-state index >= 15 is 0 Å². The standard InChI is InChI=1S/C26H20Cl2N2O4S/c1-34-16-5-7-20-18(12-16)14(13-29-20)8-9-30-23(21-3-2-10-35-21)22(25(32)26(30)33)24(31)17-6-4-15(27)11-19(17)28/h2-7,10-13,23,29,31H,8-9H2,1H3/t23-/m0/s1. The van der Waals surface area contributed by atoms with Gasteiger partial charge in [-0.1, -0.05) is 29.3 Å². The quantitative estimate of drug-likeness (QED) is 0.178. The molecule has 0 bridgehead atoms. The topological polar surface area (TPSA) is 82.6 Å². The van der Waals surface area contributed by atoms with Crippen LogP contribution < -0.4 is 4.74 Å². The first-order chi connectivity index (χ1) is 16.9. The Morgan fingerprint density at radius 3 is 2.71 bits per heavy atom. The molecule has 0 aliphatic carbocycles. The number of Topliss-reactive ketones (excluding diaryl/α,β-unsaturated/α-hetero) is 1. The second-order valence-corrected chi connectivity index (χ2v) is 9.93. The molecule has 1 amide bonds. The highest BCUT2D eigenvalue weighted by Crippen LogP contribution is 2.42. The van der Waals surface area contributed by atoms with E-state index in [1.165, 1.54) is 28.4 Å². The number of aromatic amines is 1. The number of benzene rings is 2. The molecule has 2 N–H and O–H groups in total. The van der Waals surface area contributed by atoms with Gasteiger partial charge in [-0.25, -0.2) is 0 Å². The van der Waals surface area contributed by atoms with Crippen LogP contribution in [0.2, 0.25) is 10.0 Å². The summed E-state index contributed by atoms with van der Waals surface area (Å²) in [5.74, 6) is -0.986. The minimum Gasteiger partial charge on any atom is -0.507 e. The number of thiophene rings is 1. The lowest BCUT2D eigenvalue weighted by Gasteiger charge is -2.24. The maximum Gasteiger partial charge on any atom is 0.295 e. The molecule has 1 atom stereocenters. The van der Waals surface area contributed by atoms with Crippen molar-refractivity contribution in [1.29, 1.82) is 0 Å². The van der Waals surface area contributed by atoms with Crippen molar-refractivity contribution in [2.45, 2.75) is 12.5 Å². The molecule has 2 aromatic carbocycles. The number of H-pyrrole nitrogens is 1. The van der Waals surface area contributed by atoms with Gasteiger partial charge in [0.2, 0.25) is 0 Å². The second kappa shape index (κ2) is 9.41. The van der Waals surface area contributed by atoms with Crippen molar-refractivity contribution >= 4 is 62.9 Å². The molecular weight excluding hydrogens is 507 g/mol. The third-order valence-corrected chi connectivity index (χ3v) is 7.61. The van der Waals surface area contributed by atoms with Crippen molar-refractivity contribution < 1.29 is 19.4 Å². The van der Waals surface area contributed by atoms with Crippen molar-refractivity contribution in [2.24, 2.45) is 0 Å². The Labute approximate surface area is 215 Å². The molecule has 178 valence electrons. The lowest BCUT2D eigenvalue weighted by molar-refractivity contribution is -0.139. The number of aromatic nitrogens is 1. The van der Waals surface area contributed by atoms with Crippen LogP contribution in [-0.2, 0) is 16.0 Å². The number of amides is 1. The molecule has 0 unspecified atom stereocenters. The zero-order chi connectivity index (χ0) is 24.7. The normalized spacial score (nSPS) is 17.5. The zero-order valence-electron chi connectivity index (χ0n) is 18.5. The van der Waals surface area contributed by atoms with Crippen LogP contribution in [0.25, 0.3) is 16.7 Å². The SMILES string of the molecule is COc1ccc2[nH]cc(CCN3C(=O)C(=O)C(=C(O)c4ccc(Cl)cc4Cl)[C@@H]3c3cccs3)c2c1. The molecule has 1 aliphatic rings. The van der Waals surface area contributed by atoms with E-state index in [1.54, 1.807) is 13.2 Å². The number of halogens is 2. The van der Waals surface area contributed by atoms with Crippen LogP contribution in [0.3, 0.4) is 0 Å². The lowest BCUT2D eigenvalue weighted by Crippen LogP contribution is -2.31. The van der Waals surface area contributed by atoms with Crippen LogP contribution in [0.15, 0.2) is 65.7 Å². The molecule has 35 heavy (non-hydrogen) atoms.